The topological polar surface area (TPSA) is 57.3 Å². The van der Waals surface area contributed by atoms with Gasteiger partial charge < -0.3 is 9.15 Å². The van der Waals surface area contributed by atoms with E-state index in [4.69, 9.17) is 9.15 Å². The Bertz CT molecular complexity index is 900. The van der Waals surface area contributed by atoms with Crippen LogP contribution in [0.5, 0.6) is 5.88 Å². The third kappa shape index (κ3) is 3.50. The van der Waals surface area contributed by atoms with Gasteiger partial charge >= 0.3 is 5.97 Å². The minimum atomic E-state index is -0.545. The molecule has 0 saturated carbocycles. The molecule has 0 radical (unpaired) electrons. The molecule has 0 atom stereocenters. The highest BCUT2D eigenvalue weighted by atomic mass is 16.6. The lowest BCUT2D eigenvalue weighted by Crippen LogP contribution is -2.13. The van der Waals surface area contributed by atoms with E-state index < -0.39 is 5.97 Å². The minimum Gasteiger partial charge on any atom is -0.457 e. The average Bonchev–Trinajstić information content (AvgIpc) is 3.16. The summed E-state index contributed by atoms with van der Waals surface area (Å²) in [5.41, 5.74) is 3.77. The summed E-state index contributed by atoms with van der Waals surface area (Å²) in [6.07, 6.45) is 1.44. The predicted molar refractivity (Wildman–Crippen MR) is 95.4 cm³/mol. The van der Waals surface area contributed by atoms with Gasteiger partial charge in [0.2, 0.25) is 11.6 Å². The zero-order valence-electron chi connectivity index (χ0n) is 15.2. The van der Waals surface area contributed by atoms with Crippen LogP contribution in [0.4, 0.5) is 0 Å². The number of ether oxygens (including phenoxy) is 1. The van der Waals surface area contributed by atoms with Gasteiger partial charge in [0, 0.05) is 11.5 Å². The smallest absolute Gasteiger partial charge is 0.380 e. The first-order valence-electron chi connectivity index (χ1n) is 8.19. The van der Waals surface area contributed by atoms with Crippen LogP contribution in [0, 0.1) is 13.8 Å². The molecule has 0 aliphatic rings. The largest absolute Gasteiger partial charge is 0.457 e. The SMILES string of the molecule is Cc1ccc(-n2nc(C(C)(C)C)cc2OC(=O)c2ccco2)c(C)c1. The van der Waals surface area contributed by atoms with Crippen molar-refractivity contribution >= 4 is 5.97 Å². The van der Waals surface area contributed by atoms with Gasteiger partial charge in [0.25, 0.3) is 0 Å². The maximum Gasteiger partial charge on any atom is 0.380 e. The molecule has 0 bridgehead atoms. The molecule has 0 unspecified atom stereocenters. The van der Waals surface area contributed by atoms with Gasteiger partial charge in [-0.1, -0.05) is 38.5 Å². The molecular formula is C20H22N2O3. The number of benzene rings is 1. The van der Waals surface area contributed by atoms with E-state index in [2.05, 4.69) is 31.9 Å². The lowest BCUT2D eigenvalue weighted by atomic mass is 9.93. The summed E-state index contributed by atoms with van der Waals surface area (Å²) < 4.78 is 12.4. The fourth-order valence-electron chi connectivity index (χ4n) is 2.56. The van der Waals surface area contributed by atoms with Crippen molar-refractivity contribution in [3.05, 3.63) is 65.2 Å². The molecule has 0 fully saturated rings. The molecule has 0 N–H and O–H groups in total. The van der Waals surface area contributed by atoms with Gasteiger partial charge in [0.05, 0.1) is 17.6 Å². The molecule has 25 heavy (non-hydrogen) atoms. The van der Waals surface area contributed by atoms with Crippen LogP contribution < -0.4 is 4.74 Å². The number of hydrogen-bond donors (Lipinski definition) is 0. The standard InChI is InChI=1S/C20H22N2O3/c1-13-8-9-15(14(2)11-13)22-18(12-17(21-22)20(3,4)5)25-19(23)16-7-6-10-24-16/h6-12H,1-5H3. The highest BCUT2D eigenvalue weighted by Crippen LogP contribution is 2.29. The van der Waals surface area contributed by atoms with Gasteiger partial charge in [-0.05, 0) is 37.6 Å². The Kier molecular flexibility index (Phi) is 4.25. The monoisotopic (exact) mass is 338 g/mol. The van der Waals surface area contributed by atoms with E-state index in [1.807, 2.05) is 26.0 Å². The Balaban J connectivity index is 2.06. The molecule has 0 amide bonds. The van der Waals surface area contributed by atoms with Crippen LogP contribution in [0.15, 0.2) is 47.1 Å². The second kappa shape index (κ2) is 6.24. The second-order valence-electron chi connectivity index (χ2n) is 7.19. The van der Waals surface area contributed by atoms with Crippen LogP contribution in [0.25, 0.3) is 5.69 Å². The number of esters is 1. The Morgan fingerprint density at radius 1 is 1.16 bits per heavy atom. The maximum atomic E-state index is 12.3. The molecule has 3 rings (SSSR count). The predicted octanol–water partition coefficient (Wildman–Crippen LogP) is 4.60. The molecule has 130 valence electrons. The van der Waals surface area contributed by atoms with Crippen molar-refractivity contribution in [1.82, 2.24) is 9.78 Å². The number of carbonyl (C=O) groups excluding carboxylic acids is 1. The van der Waals surface area contributed by atoms with Crippen molar-refractivity contribution in [1.29, 1.82) is 0 Å². The normalized spacial score (nSPS) is 11.6. The third-order valence-corrected chi connectivity index (χ3v) is 3.95. The van der Waals surface area contributed by atoms with Gasteiger partial charge in [-0.2, -0.15) is 5.10 Å². The summed E-state index contributed by atoms with van der Waals surface area (Å²) >= 11 is 0. The van der Waals surface area contributed by atoms with Crippen LogP contribution >= 0.6 is 0 Å². The van der Waals surface area contributed by atoms with Crippen LogP contribution in [0.3, 0.4) is 0 Å². The van der Waals surface area contributed by atoms with E-state index in [9.17, 15) is 4.79 Å². The number of hydrogen-bond acceptors (Lipinski definition) is 4. The number of aryl methyl sites for hydroxylation is 2. The Morgan fingerprint density at radius 3 is 2.52 bits per heavy atom. The summed E-state index contributed by atoms with van der Waals surface area (Å²) in [6, 6.07) is 11.1. The number of rotatable bonds is 3. The summed E-state index contributed by atoms with van der Waals surface area (Å²) in [4.78, 5) is 12.3. The maximum absolute atomic E-state index is 12.3. The summed E-state index contributed by atoms with van der Waals surface area (Å²) in [6.45, 7) is 10.3. The van der Waals surface area contributed by atoms with Crippen molar-refractivity contribution in [3.63, 3.8) is 0 Å². The van der Waals surface area contributed by atoms with Crippen molar-refractivity contribution in [3.8, 4) is 11.6 Å². The fraction of sp³-hybridized carbons (Fsp3) is 0.300. The average molecular weight is 338 g/mol. The molecule has 2 heterocycles. The van der Waals surface area contributed by atoms with E-state index in [1.54, 1.807) is 22.9 Å². The molecule has 5 heteroatoms. The first-order valence-corrected chi connectivity index (χ1v) is 8.19. The highest BCUT2D eigenvalue weighted by molar-refractivity contribution is 5.87. The molecular weight excluding hydrogens is 316 g/mol. The van der Waals surface area contributed by atoms with Gasteiger partial charge in [0.1, 0.15) is 0 Å². The van der Waals surface area contributed by atoms with E-state index in [1.165, 1.54) is 11.8 Å². The number of nitrogens with zero attached hydrogens (tertiary/aromatic N) is 2. The summed E-state index contributed by atoms with van der Waals surface area (Å²) in [7, 11) is 0. The Labute approximate surface area is 147 Å². The van der Waals surface area contributed by atoms with Crippen LogP contribution in [-0.2, 0) is 5.41 Å². The zero-order chi connectivity index (χ0) is 18.2. The summed E-state index contributed by atoms with van der Waals surface area (Å²) in [5, 5.41) is 4.69. The Morgan fingerprint density at radius 2 is 1.92 bits per heavy atom. The molecule has 0 spiro atoms. The zero-order valence-corrected chi connectivity index (χ0v) is 15.2. The first kappa shape index (κ1) is 17.0. The molecule has 5 nitrogen and oxygen atoms in total. The van der Waals surface area contributed by atoms with Crippen LogP contribution in [0.1, 0.15) is 48.1 Å². The first-order chi connectivity index (χ1) is 11.8. The van der Waals surface area contributed by atoms with Gasteiger partial charge in [-0.25, -0.2) is 9.48 Å². The number of aromatic nitrogens is 2. The van der Waals surface area contributed by atoms with Crippen molar-refractivity contribution in [2.45, 2.75) is 40.0 Å². The third-order valence-electron chi connectivity index (χ3n) is 3.95. The number of furan rings is 1. The highest BCUT2D eigenvalue weighted by Gasteiger charge is 2.24. The van der Waals surface area contributed by atoms with Gasteiger partial charge in [0.15, 0.2) is 0 Å². The van der Waals surface area contributed by atoms with Crippen molar-refractivity contribution in [2.24, 2.45) is 0 Å². The van der Waals surface area contributed by atoms with Gasteiger partial charge in [-0.15, -0.1) is 0 Å². The molecule has 2 aromatic heterocycles. The molecule has 1 aromatic carbocycles. The quantitative estimate of drug-likeness (QED) is 0.655. The lowest BCUT2D eigenvalue weighted by Gasteiger charge is -2.14. The Hall–Kier alpha value is -2.82. The van der Waals surface area contributed by atoms with Crippen LogP contribution in [-0.4, -0.2) is 15.7 Å². The number of carbonyl (C=O) groups is 1. The molecule has 3 aromatic rings. The van der Waals surface area contributed by atoms with Gasteiger partial charge in [-0.3, -0.25) is 0 Å². The van der Waals surface area contributed by atoms with E-state index in [0.717, 1.165) is 16.9 Å². The molecule has 0 saturated heterocycles. The fourth-order valence-corrected chi connectivity index (χ4v) is 2.56. The van der Waals surface area contributed by atoms with Crippen molar-refractivity contribution in [2.75, 3.05) is 0 Å². The van der Waals surface area contributed by atoms with Crippen molar-refractivity contribution < 1.29 is 13.9 Å². The van der Waals surface area contributed by atoms with E-state index in [0.29, 0.717) is 5.88 Å². The van der Waals surface area contributed by atoms with E-state index in [-0.39, 0.29) is 11.2 Å². The lowest BCUT2D eigenvalue weighted by molar-refractivity contribution is 0.0689. The van der Waals surface area contributed by atoms with Crippen LogP contribution in [0.2, 0.25) is 0 Å². The van der Waals surface area contributed by atoms with E-state index >= 15 is 0 Å². The minimum absolute atomic E-state index is 0.158. The summed E-state index contributed by atoms with van der Waals surface area (Å²) in [5.74, 6) is -0.0136. The molecule has 0 aliphatic heterocycles. The molecule has 0 aliphatic carbocycles. The second-order valence-corrected chi connectivity index (χ2v) is 7.19.